The molecular formula is C23H26N6S. The molecule has 1 aliphatic heterocycles. The molecular weight excluding hydrogens is 392 g/mol. The number of nitrogens with zero attached hydrogens (tertiary/aromatic N) is 5. The molecule has 0 aliphatic carbocycles. The van der Waals surface area contributed by atoms with Crippen molar-refractivity contribution in [3.8, 4) is 11.3 Å². The summed E-state index contributed by atoms with van der Waals surface area (Å²) in [5, 5.41) is 12.2. The number of thiazole rings is 1. The fraction of sp³-hybridized carbons (Fsp3) is 0.348. The number of hydrogen-bond acceptors (Lipinski definition) is 6. The Morgan fingerprint density at radius 1 is 1.03 bits per heavy atom. The van der Waals surface area contributed by atoms with Gasteiger partial charge in [0.2, 0.25) is 0 Å². The molecule has 0 bridgehead atoms. The minimum Gasteiger partial charge on any atom is -0.367 e. The first-order valence-corrected chi connectivity index (χ1v) is 11.3. The van der Waals surface area contributed by atoms with Crippen LogP contribution in [0, 0.1) is 5.92 Å². The number of nitrogens with one attached hydrogen (secondary N) is 1. The quantitative estimate of drug-likeness (QED) is 0.513. The van der Waals surface area contributed by atoms with Crippen molar-refractivity contribution in [2.45, 2.75) is 20.3 Å². The Hall–Kier alpha value is -2.93. The minimum absolute atomic E-state index is 0.631. The lowest BCUT2D eigenvalue weighted by Gasteiger charge is -2.37. The molecule has 0 amide bonds. The van der Waals surface area contributed by atoms with Crippen LogP contribution < -0.4 is 9.80 Å². The molecule has 0 saturated carbocycles. The number of aromatic amines is 1. The molecule has 1 saturated heterocycles. The zero-order valence-electron chi connectivity index (χ0n) is 17.4. The lowest BCUT2D eigenvalue weighted by atomic mass is 9.98. The van der Waals surface area contributed by atoms with Crippen molar-refractivity contribution < 1.29 is 0 Å². The van der Waals surface area contributed by atoms with Gasteiger partial charge in [0.25, 0.3) is 0 Å². The van der Waals surface area contributed by atoms with E-state index in [0.29, 0.717) is 5.92 Å². The minimum atomic E-state index is 0.631. The third-order valence-electron chi connectivity index (χ3n) is 5.57. The Labute approximate surface area is 180 Å². The van der Waals surface area contributed by atoms with E-state index < -0.39 is 0 Å². The Balaban J connectivity index is 1.39. The number of hydrogen-bond donors (Lipinski definition) is 1. The first-order valence-electron chi connectivity index (χ1n) is 10.5. The molecule has 3 heterocycles. The molecule has 7 heteroatoms. The molecule has 0 unspecified atom stereocenters. The van der Waals surface area contributed by atoms with E-state index >= 15 is 0 Å². The van der Waals surface area contributed by atoms with Gasteiger partial charge in [-0.1, -0.05) is 49.4 Å². The van der Waals surface area contributed by atoms with Crippen LogP contribution in [0.1, 0.15) is 19.4 Å². The maximum Gasteiger partial charge on any atom is 0.186 e. The lowest BCUT2D eigenvalue weighted by molar-refractivity contribution is 0.642. The van der Waals surface area contributed by atoms with Gasteiger partial charge in [0.1, 0.15) is 5.69 Å². The predicted octanol–water partition coefficient (Wildman–Crippen LogP) is 4.61. The predicted molar refractivity (Wildman–Crippen MR) is 124 cm³/mol. The highest BCUT2D eigenvalue weighted by atomic mass is 32.1. The van der Waals surface area contributed by atoms with Crippen LogP contribution in [0.25, 0.3) is 21.5 Å². The molecule has 0 atom stereocenters. The van der Waals surface area contributed by atoms with Gasteiger partial charge in [0, 0.05) is 37.4 Å². The summed E-state index contributed by atoms with van der Waals surface area (Å²) in [5.74, 6) is 0.631. The summed E-state index contributed by atoms with van der Waals surface area (Å²) in [4.78, 5) is 9.74. The summed E-state index contributed by atoms with van der Waals surface area (Å²) in [6.45, 7) is 8.39. The molecule has 5 rings (SSSR count). The molecule has 154 valence electrons. The Morgan fingerprint density at radius 2 is 1.83 bits per heavy atom. The molecule has 30 heavy (non-hydrogen) atoms. The van der Waals surface area contributed by atoms with E-state index in [1.54, 1.807) is 17.5 Å². The second-order valence-electron chi connectivity index (χ2n) is 8.24. The van der Waals surface area contributed by atoms with E-state index in [1.165, 1.54) is 16.0 Å². The number of H-pyrrole nitrogens is 1. The average Bonchev–Trinajstić information content (AvgIpc) is 3.43. The van der Waals surface area contributed by atoms with Crippen LogP contribution in [0.5, 0.6) is 0 Å². The van der Waals surface area contributed by atoms with E-state index in [1.807, 2.05) is 0 Å². The third-order valence-corrected chi connectivity index (χ3v) is 6.67. The van der Waals surface area contributed by atoms with Crippen molar-refractivity contribution in [2.75, 3.05) is 36.0 Å². The maximum absolute atomic E-state index is 4.84. The van der Waals surface area contributed by atoms with Crippen LogP contribution in [0.4, 0.5) is 10.8 Å². The van der Waals surface area contributed by atoms with Crippen LogP contribution in [-0.4, -0.2) is 46.6 Å². The van der Waals surface area contributed by atoms with Crippen LogP contribution in [-0.2, 0) is 6.42 Å². The van der Waals surface area contributed by atoms with Crippen molar-refractivity contribution in [1.29, 1.82) is 0 Å². The molecule has 1 aliphatic rings. The second kappa shape index (κ2) is 8.07. The zero-order valence-corrected chi connectivity index (χ0v) is 18.2. The molecule has 1 N–H and O–H groups in total. The maximum atomic E-state index is 4.84. The number of aromatic nitrogens is 4. The van der Waals surface area contributed by atoms with E-state index in [0.717, 1.165) is 54.5 Å². The molecule has 6 nitrogen and oxygen atoms in total. The number of fused-ring (bicyclic) bond motifs is 1. The topological polar surface area (TPSA) is 60.9 Å². The second-order valence-corrected chi connectivity index (χ2v) is 9.25. The lowest BCUT2D eigenvalue weighted by Crippen LogP contribution is -2.46. The van der Waals surface area contributed by atoms with Gasteiger partial charge in [-0.05, 0) is 36.1 Å². The number of benzene rings is 2. The van der Waals surface area contributed by atoms with Crippen molar-refractivity contribution >= 4 is 32.4 Å². The van der Waals surface area contributed by atoms with Crippen LogP contribution in [0.15, 0.2) is 48.7 Å². The van der Waals surface area contributed by atoms with E-state index in [9.17, 15) is 0 Å². The summed E-state index contributed by atoms with van der Waals surface area (Å²) in [7, 11) is 0. The number of rotatable bonds is 5. The highest BCUT2D eigenvalue weighted by molar-refractivity contribution is 7.22. The Kier molecular flexibility index (Phi) is 5.12. The smallest absolute Gasteiger partial charge is 0.186 e. The standard InChI is InChI=1S/C23H26N6S/c1-16(2)13-17-7-8-18(20-15-24-27-26-20)21(14-17)28-9-11-29(12-10-28)23-25-19-5-3-4-6-22(19)30-23/h3-8,14-16H,9-13H2,1-2H3,(H,24,26,27). The zero-order chi connectivity index (χ0) is 20.5. The normalized spacial score (nSPS) is 14.8. The Morgan fingerprint density at radius 3 is 2.57 bits per heavy atom. The number of piperazine rings is 1. The van der Waals surface area contributed by atoms with Gasteiger partial charge in [-0.2, -0.15) is 15.4 Å². The van der Waals surface area contributed by atoms with Gasteiger partial charge >= 0.3 is 0 Å². The van der Waals surface area contributed by atoms with E-state index in [4.69, 9.17) is 4.98 Å². The van der Waals surface area contributed by atoms with Crippen LogP contribution >= 0.6 is 11.3 Å². The molecule has 4 aromatic rings. The summed E-state index contributed by atoms with van der Waals surface area (Å²) in [6, 6.07) is 15.2. The highest BCUT2D eigenvalue weighted by Crippen LogP contribution is 2.34. The number of anilines is 2. The van der Waals surface area contributed by atoms with Crippen molar-refractivity contribution in [2.24, 2.45) is 5.92 Å². The Bertz CT molecular complexity index is 1090. The van der Waals surface area contributed by atoms with Gasteiger partial charge in [-0.15, -0.1) is 0 Å². The van der Waals surface area contributed by atoms with Crippen molar-refractivity contribution in [3.63, 3.8) is 0 Å². The summed E-state index contributed by atoms with van der Waals surface area (Å²) in [6.07, 6.45) is 2.89. The third kappa shape index (κ3) is 3.77. The summed E-state index contributed by atoms with van der Waals surface area (Å²) >= 11 is 1.79. The fourth-order valence-electron chi connectivity index (χ4n) is 4.12. The summed E-state index contributed by atoms with van der Waals surface area (Å²) in [5.41, 5.74) is 5.76. The van der Waals surface area contributed by atoms with E-state index in [-0.39, 0.29) is 0 Å². The van der Waals surface area contributed by atoms with Crippen LogP contribution in [0.3, 0.4) is 0 Å². The molecule has 0 radical (unpaired) electrons. The number of para-hydroxylation sites is 1. The van der Waals surface area contributed by atoms with Crippen molar-refractivity contribution in [3.05, 3.63) is 54.2 Å². The fourth-order valence-corrected chi connectivity index (χ4v) is 5.14. The highest BCUT2D eigenvalue weighted by Gasteiger charge is 2.23. The van der Waals surface area contributed by atoms with Crippen molar-refractivity contribution in [1.82, 2.24) is 20.4 Å². The summed E-state index contributed by atoms with van der Waals surface area (Å²) < 4.78 is 1.25. The van der Waals surface area contributed by atoms with Crippen LogP contribution in [0.2, 0.25) is 0 Å². The van der Waals surface area contributed by atoms with Gasteiger partial charge in [0.05, 0.1) is 16.4 Å². The average molecular weight is 419 g/mol. The first-order chi connectivity index (χ1) is 14.7. The molecule has 0 spiro atoms. The SMILES string of the molecule is CC(C)Cc1ccc(-c2cn[nH]n2)c(N2CCN(c3nc4ccccc4s3)CC2)c1. The van der Waals surface area contributed by atoms with E-state index in [2.05, 4.69) is 81.5 Å². The van der Waals surface area contributed by atoms with Gasteiger partial charge in [0.15, 0.2) is 5.13 Å². The van der Waals surface area contributed by atoms with Gasteiger partial charge in [-0.25, -0.2) is 4.98 Å². The first kappa shape index (κ1) is 19.1. The monoisotopic (exact) mass is 418 g/mol. The largest absolute Gasteiger partial charge is 0.367 e. The molecule has 2 aromatic carbocycles. The molecule has 2 aromatic heterocycles. The molecule has 1 fully saturated rings. The van der Waals surface area contributed by atoms with Gasteiger partial charge in [-0.3, -0.25) is 0 Å². The van der Waals surface area contributed by atoms with Gasteiger partial charge < -0.3 is 9.80 Å².